The Balaban J connectivity index is 0.00000280. The first-order valence-electron chi connectivity index (χ1n) is 11.9. The summed E-state index contributed by atoms with van der Waals surface area (Å²) in [5, 5.41) is 17.1. The lowest BCUT2D eigenvalue weighted by molar-refractivity contribution is -0.135. The zero-order chi connectivity index (χ0) is 27.4. The van der Waals surface area contributed by atoms with Gasteiger partial charge in [-0.1, -0.05) is 42.5 Å². The van der Waals surface area contributed by atoms with E-state index in [0.717, 1.165) is 27.8 Å². The molecule has 0 spiro atoms. The van der Waals surface area contributed by atoms with Crippen molar-refractivity contribution in [3.63, 3.8) is 0 Å². The van der Waals surface area contributed by atoms with E-state index in [9.17, 15) is 18.3 Å². The number of rotatable bonds is 11. The number of aromatic nitrogens is 2. The number of nitrogens with zero attached hydrogens (tertiary/aromatic N) is 4. The summed E-state index contributed by atoms with van der Waals surface area (Å²) in [6, 6.07) is 20.2. The van der Waals surface area contributed by atoms with Crippen molar-refractivity contribution in [1.29, 1.82) is 5.41 Å². The number of hydrogen-bond acceptors (Lipinski definition) is 6. The van der Waals surface area contributed by atoms with Crippen LogP contribution in [0.4, 0.5) is 5.69 Å². The summed E-state index contributed by atoms with van der Waals surface area (Å²) in [6.45, 7) is 0.696. The predicted octanol–water partition coefficient (Wildman–Crippen LogP) is 3.60. The van der Waals surface area contributed by atoms with Crippen molar-refractivity contribution in [2.45, 2.75) is 17.9 Å². The third-order valence-electron chi connectivity index (χ3n) is 6.11. The molecule has 1 heterocycles. The Morgan fingerprint density at radius 2 is 1.68 bits per heavy atom. The topological polar surface area (TPSA) is 146 Å². The number of halogens is 2. The Hall–Kier alpha value is -3.64. The van der Waals surface area contributed by atoms with Gasteiger partial charge >= 0.3 is 5.97 Å². The maximum Gasteiger partial charge on any atom is 0.324 e. The van der Waals surface area contributed by atoms with Crippen molar-refractivity contribution >= 4 is 63.4 Å². The van der Waals surface area contributed by atoms with Gasteiger partial charge in [0.2, 0.25) is 0 Å². The molecule has 0 radical (unpaired) electrons. The number of nitrogen functional groups attached to an aromatic ring is 1. The number of fused-ring (bicyclic) bond motifs is 1. The minimum absolute atomic E-state index is 0. The molecule has 0 saturated heterocycles. The molecular formula is C27H32Cl2N6O4S. The number of anilines is 1. The van der Waals surface area contributed by atoms with Crippen LogP contribution in [-0.2, 0) is 27.8 Å². The van der Waals surface area contributed by atoms with Crippen molar-refractivity contribution in [1.82, 2.24) is 14.5 Å². The molecule has 0 aliphatic rings. The predicted molar refractivity (Wildman–Crippen MR) is 162 cm³/mol. The highest BCUT2D eigenvalue weighted by Crippen LogP contribution is 2.28. The van der Waals surface area contributed by atoms with Crippen LogP contribution in [0.1, 0.15) is 17.0 Å². The van der Waals surface area contributed by atoms with E-state index in [1.54, 1.807) is 48.5 Å². The molecule has 0 fully saturated rings. The first-order valence-corrected chi connectivity index (χ1v) is 13.4. The number of amidine groups is 1. The lowest BCUT2D eigenvalue weighted by Crippen LogP contribution is -2.35. The molecule has 4 aromatic rings. The number of aliphatic carboxylic acids is 1. The van der Waals surface area contributed by atoms with Crippen LogP contribution >= 0.6 is 24.8 Å². The third-order valence-corrected chi connectivity index (χ3v) is 7.90. The molecule has 40 heavy (non-hydrogen) atoms. The number of carboxylic acid groups (broad SMARTS) is 1. The molecule has 0 bridgehead atoms. The van der Waals surface area contributed by atoms with Gasteiger partial charge < -0.3 is 20.3 Å². The quantitative estimate of drug-likeness (QED) is 0.175. The number of benzene rings is 3. The SMILES string of the molecule is CN(C)CCn1c(Cc2ccc(C(=N)N)cc2)nc2cc(N(CC(=O)O)S(=O)(=O)c3ccccc3)ccc21.Cl.Cl. The standard InChI is InChI=1S/C27H30N6O4S.2ClH/c1-31(2)14-15-32-24-13-12-21(33(18-26(34)35)38(36,37)22-6-4-3-5-7-22)17-23(24)30-25(32)16-19-8-10-20(11-9-19)27(28)29;;/h3-13,17H,14-16,18H2,1-2H3,(H3,28,29)(H,34,35);2*1H. The molecular weight excluding hydrogens is 575 g/mol. The number of sulfonamides is 1. The van der Waals surface area contributed by atoms with Crippen molar-refractivity contribution in [3.8, 4) is 0 Å². The van der Waals surface area contributed by atoms with E-state index in [1.807, 2.05) is 26.2 Å². The van der Waals surface area contributed by atoms with E-state index in [0.29, 0.717) is 24.0 Å². The number of likely N-dealkylation sites (N-methyl/N-ethyl adjacent to an activating group) is 1. The van der Waals surface area contributed by atoms with Crippen LogP contribution in [0.5, 0.6) is 0 Å². The Labute approximate surface area is 245 Å². The van der Waals surface area contributed by atoms with Crippen LogP contribution < -0.4 is 10.0 Å². The second-order valence-corrected chi connectivity index (χ2v) is 11.0. The van der Waals surface area contributed by atoms with E-state index in [2.05, 4.69) is 9.47 Å². The van der Waals surface area contributed by atoms with Crippen LogP contribution in [0, 0.1) is 5.41 Å². The highest BCUT2D eigenvalue weighted by atomic mass is 35.5. The van der Waals surface area contributed by atoms with Gasteiger partial charge in [-0.2, -0.15) is 0 Å². The average molecular weight is 608 g/mol. The first-order chi connectivity index (χ1) is 18.1. The monoisotopic (exact) mass is 606 g/mol. The van der Waals surface area contributed by atoms with Crippen molar-refractivity contribution in [3.05, 3.63) is 89.7 Å². The maximum absolute atomic E-state index is 13.4. The Morgan fingerprint density at radius 1 is 1.02 bits per heavy atom. The molecule has 0 unspecified atom stereocenters. The second-order valence-electron chi connectivity index (χ2n) is 9.16. The van der Waals surface area contributed by atoms with Crippen LogP contribution in [-0.4, -0.2) is 67.0 Å². The number of carbonyl (C=O) groups is 1. The lowest BCUT2D eigenvalue weighted by Gasteiger charge is -2.22. The summed E-state index contributed by atoms with van der Waals surface area (Å²) in [4.78, 5) is 18.5. The largest absolute Gasteiger partial charge is 0.480 e. The molecule has 10 nitrogen and oxygen atoms in total. The van der Waals surface area contributed by atoms with Crippen molar-refractivity contribution in [2.24, 2.45) is 5.73 Å². The number of imidazole rings is 1. The smallest absolute Gasteiger partial charge is 0.324 e. The van der Waals surface area contributed by atoms with Gasteiger partial charge in [0.1, 0.15) is 18.2 Å². The number of nitrogens with two attached hydrogens (primary N) is 1. The molecule has 0 atom stereocenters. The number of carboxylic acids is 1. The summed E-state index contributed by atoms with van der Waals surface area (Å²) >= 11 is 0. The van der Waals surface area contributed by atoms with E-state index >= 15 is 0 Å². The van der Waals surface area contributed by atoms with Crippen LogP contribution in [0.3, 0.4) is 0 Å². The summed E-state index contributed by atoms with van der Waals surface area (Å²) in [5.41, 5.74) is 8.80. The second kappa shape index (κ2) is 13.6. The fraction of sp³-hybridized carbons (Fsp3) is 0.222. The van der Waals surface area contributed by atoms with Crippen molar-refractivity contribution < 1.29 is 18.3 Å². The highest BCUT2D eigenvalue weighted by Gasteiger charge is 2.27. The zero-order valence-corrected chi connectivity index (χ0v) is 24.5. The van der Waals surface area contributed by atoms with E-state index in [-0.39, 0.29) is 41.2 Å². The summed E-state index contributed by atoms with van der Waals surface area (Å²) in [5.74, 6) is -0.486. The van der Waals surface area contributed by atoms with E-state index < -0.39 is 22.5 Å². The van der Waals surface area contributed by atoms with Gasteiger partial charge in [0, 0.05) is 25.1 Å². The molecule has 4 N–H and O–H groups in total. The summed E-state index contributed by atoms with van der Waals surface area (Å²) < 4.78 is 29.7. The van der Waals surface area contributed by atoms with Crippen LogP contribution in [0.25, 0.3) is 11.0 Å². The Kier molecular flexibility index (Phi) is 11.1. The van der Waals surface area contributed by atoms with Gasteiger partial charge in [0.15, 0.2) is 0 Å². The lowest BCUT2D eigenvalue weighted by atomic mass is 10.1. The minimum Gasteiger partial charge on any atom is -0.480 e. The molecule has 13 heteroatoms. The Morgan fingerprint density at radius 3 is 2.25 bits per heavy atom. The van der Waals surface area contributed by atoms with Crippen LogP contribution in [0.15, 0.2) is 77.7 Å². The highest BCUT2D eigenvalue weighted by molar-refractivity contribution is 7.92. The van der Waals surface area contributed by atoms with Crippen molar-refractivity contribution in [2.75, 3.05) is 31.5 Å². The number of nitrogens with one attached hydrogen (secondary N) is 1. The summed E-state index contributed by atoms with van der Waals surface area (Å²) in [7, 11) is -0.155. The molecule has 4 rings (SSSR count). The third kappa shape index (κ3) is 7.30. The molecule has 3 aromatic carbocycles. The van der Waals surface area contributed by atoms with Gasteiger partial charge in [0.25, 0.3) is 10.0 Å². The molecule has 214 valence electrons. The number of hydrogen-bond donors (Lipinski definition) is 3. The molecule has 0 amide bonds. The zero-order valence-electron chi connectivity index (χ0n) is 22.0. The molecule has 0 aliphatic heterocycles. The van der Waals surface area contributed by atoms with E-state index in [4.69, 9.17) is 16.1 Å². The Bertz CT molecular complexity index is 1580. The van der Waals surface area contributed by atoms with Gasteiger partial charge in [-0.05, 0) is 50.0 Å². The van der Waals surface area contributed by atoms with Gasteiger partial charge in [0.05, 0.1) is 21.6 Å². The van der Waals surface area contributed by atoms with Crippen LogP contribution in [0.2, 0.25) is 0 Å². The van der Waals surface area contributed by atoms with Gasteiger partial charge in [-0.15, -0.1) is 24.8 Å². The summed E-state index contributed by atoms with van der Waals surface area (Å²) in [6.07, 6.45) is 0.511. The van der Waals surface area contributed by atoms with Gasteiger partial charge in [-0.3, -0.25) is 14.5 Å². The molecule has 0 saturated carbocycles. The molecule has 1 aromatic heterocycles. The minimum atomic E-state index is -4.12. The maximum atomic E-state index is 13.4. The van der Waals surface area contributed by atoms with Gasteiger partial charge in [-0.25, -0.2) is 13.4 Å². The first kappa shape index (κ1) is 32.6. The van der Waals surface area contributed by atoms with E-state index in [1.165, 1.54) is 12.1 Å². The molecule has 0 aliphatic carbocycles. The normalized spacial score (nSPS) is 11.1. The fourth-order valence-corrected chi connectivity index (χ4v) is 5.58. The fourth-order valence-electron chi connectivity index (χ4n) is 4.15. The average Bonchev–Trinajstić information content (AvgIpc) is 3.22.